The first-order valence-electron chi connectivity index (χ1n) is 11.6. The van der Waals surface area contributed by atoms with Crippen LogP contribution in [0.3, 0.4) is 0 Å². The zero-order valence-corrected chi connectivity index (χ0v) is 18.9. The summed E-state index contributed by atoms with van der Waals surface area (Å²) < 4.78 is 19.6. The molecule has 5 nitrogen and oxygen atoms in total. The van der Waals surface area contributed by atoms with Crippen molar-refractivity contribution in [1.82, 2.24) is 9.80 Å². The van der Waals surface area contributed by atoms with Crippen molar-refractivity contribution < 1.29 is 18.7 Å². The van der Waals surface area contributed by atoms with Gasteiger partial charge in [-0.3, -0.25) is 9.59 Å². The number of piperazine rings is 1. The van der Waals surface area contributed by atoms with Gasteiger partial charge in [-0.1, -0.05) is 60.7 Å². The average Bonchev–Trinajstić information content (AvgIpc) is 3.14. The normalized spacial score (nSPS) is 27.6. The Labute approximate surface area is 197 Å². The monoisotopic (exact) mass is 456 g/mol. The van der Waals surface area contributed by atoms with E-state index in [1.165, 1.54) is 12.1 Å². The molecule has 2 saturated heterocycles. The van der Waals surface area contributed by atoms with Crippen LogP contribution in [0.15, 0.2) is 78.9 Å². The lowest BCUT2D eigenvalue weighted by atomic mass is 9.73. The largest absolute Gasteiger partial charge is 0.493 e. The van der Waals surface area contributed by atoms with E-state index < -0.39 is 5.54 Å². The maximum absolute atomic E-state index is 14.2. The highest BCUT2D eigenvalue weighted by molar-refractivity contribution is 5.99. The zero-order chi connectivity index (χ0) is 23.4. The Hall–Kier alpha value is -3.67. The molecule has 2 fully saturated rings. The van der Waals surface area contributed by atoms with Gasteiger partial charge in [0.05, 0.1) is 12.6 Å². The third-order valence-electron chi connectivity index (χ3n) is 7.65. The summed E-state index contributed by atoms with van der Waals surface area (Å²) in [6, 6.07) is 23.6. The van der Waals surface area contributed by atoms with Crippen LogP contribution in [0.5, 0.6) is 5.75 Å². The van der Waals surface area contributed by atoms with Gasteiger partial charge in [0.2, 0.25) is 11.8 Å². The van der Waals surface area contributed by atoms with Crippen molar-refractivity contribution in [2.75, 3.05) is 13.2 Å². The number of ether oxygens (including phenoxy) is 1. The summed E-state index contributed by atoms with van der Waals surface area (Å²) in [5.74, 6) is 0.00594. The lowest BCUT2D eigenvalue weighted by Crippen LogP contribution is -2.65. The van der Waals surface area contributed by atoms with E-state index in [9.17, 15) is 14.0 Å². The van der Waals surface area contributed by atoms with Crippen LogP contribution in [0, 0.1) is 11.7 Å². The van der Waals surface area contributed by atoms with Gasteiger partial charge in [-0.2, -0.15) is 0 Å². The molecular formula is C28H25FN2O3. The fourth-order valence-corrected chi connectivity index (χ4v) is 6.28. The highest BCUT2D eigenvalue weighted by atomic mass is 19.1. The standard InChI is InChI=1S/C28H25FN2O3/c1-28-25(19-7-3-2-4-8-19)22-17-34-23-10-6-5-9-21(23)26(22)31(28)24(32)16-30(27(28)33)15-18-11-13-20(29)14-12-18/h2-14,22,25-26H,15-17H2,1H3/t22?,25?,26?,28-/m1/s1. The number of fused-ring (bicyclic) bond motifs is 5. The van der Waals surface area contributed by atoms with Crippen molar-refractivity contribution in [2.45, 2.75) is 31.0 Å². The Balaban J connectivity index is 1.47. The van der Waals surface area contributed by atoms with Gasteiger partial charge in [-0.05, 0) is 36.2 Å². The number of carbonyl (C=O) groups excluding carboxylic acids is 2. The molecular weight excluding hydrogens is 431 g/mol. The molecule has 0 N–H and O–H groups in total. The molecule has 0 saturated carbocycles. The van der Waals surface area contributed by atoms with Gasteiger partial charge in [-0.25, -0.2) is 4.39 Å². The van der Waals surface area contributed by atoms with Crippen LogP contribution in [0.25, 0.3) is 0 Å². The first-order valence-corrected chi connectivity index (χ1v) is 11.6. The summed E-state index contributed by atoms with van der Waals surface area (Å²) in [5, 5.41) is 0. The number of amides is 2. The first-order chi connectivity index (χ1) is 16.5. The molecule has 2 amide bonds. The highest BCUT2D eigenvalue weighted by Gasteiger charge is 2.66. The lowest BCUT2D eigenvalue weighted by Gasteiger charge is -2.47. The average molecular weight is 457 g/mol. The number of hydrogen-bond donors (Lipinski definition) is 0. The molecule has 3 unspecified atom stereocenters. The van der Waals surface area contributed by atoms with Gasteiger partial charge < -0.3 is 14.5 Å². The Bertz CT molecular complexity index is 1260. The van der Waals surface area contributed by atoms with Crippen molar-refractivity contribution in [3.05, 3.63) is 101 Å². The molecule has 172 valence electrons. The van der Waals surface area contributed by atoms with E-state index in [1.807, 2.05) is 66.4 Å². The zero-order valence-electron chi connectivity index (χ0n) is 18.9. The van der Waals surface area contributed by atoms with Crippen molar-refractivity contribution in [2.24, 2.45) is 5.92 Å². The van der Waals surface area contributed by atoms with Crippen LogP contribution in [0.2, 0.25) is 0 Å². The maximum atomic E-state index is 14.2. The summed E-state index contributed by atoms with van der Waals surface area (Å²) in [5.41, 5.74) is 1.71. The topological polar surface area (TPSA) is 49.9 Å². The molecule has 6 rings (SSSR count). The predicted octanol–water partition coefficient (Wildman–Crippen LogP) is 4.30. The molecule has 0 bridgehead atoms. The Morgan fingerprint density at radius 3 is 2.44 bits per heavy atom. The summed E-state index contributed by atoms with van der Waals surface area (Å²) in [6.45, 7) is 2.60. The van der Waals surface area contributed by atoms with E-state index in [2.05, 4.69) is 0 Å². The third kappa shape index (κ3) is 2.98. The van der Waals surface area contributed by atoms with Gasteiger partial charge in [0.15, 0.2) is 0 Å². The molecule has 6 heteroatoms. The van der Waals surface area contributed by atoms with Gasteiger partial charge in [0.25, 0.3) is 0 Å². The molecule has 0 radical (unpaired) electrons. The fourth-order valence-electron chi connectivity index (χ4n) is 6.28. The van der Waals surface area contributed by atoms with Gasteiger partial charge in [-0.15, -0.1) is 0 Å². The number of nitrogens with zero attached hydrogens (tertiary/aromatic N) is 2. The van der Waals surface area contributed by atoms with E-state index in [1.54, 1.807) is 17.0 Å². The quantitative estimate of drug-likeness (QED) is 0.591. The molecule has 3 aliphatic rings. The lowest BCUT2D eigenvalue weighted by molar-refractivity contribution is -0.164. The number of para-hydroxylation sites is 1. The fraction of sp³-hybridized carbons (Fsp3) is 0.286. The summed E-state index contributed by atoms with van der Waals surface area (Å²) >= 11 is 0. The van der Waals surface area contributed by atoms with Crippen LogP contribution in [-0.4, -0.2) is 40.3 Å². The highest BCUT2D eigenvalue weighted by Crippen LogP contribution is 2.59. The van der Waals surface area contributed by atoms with Gasteiger partial charge in [0.1, 0.15) is 23.7 Å². The van der Waals surface area contributed by atoms with E-state index in [0.717, 1.165) is 22.4 Å². The second kappa shape index (κ2) is 7.69. The van der Waals surface area contributed by atoms with E-state index >= 15 is 0 Å². The number of carbonyl (C=O) groups is 2. The SMILES string of the molecule is C[C@@]12C(=O)N(Cc3ccc(F)cc3)CC(=O)N1C1c3ccccc3OCC1C2c1ccccc1. The van der Waals surface area contributed by atoms with Crippen LogP contribution in [-0.2, 0) is 16.1 Å². The second-order valence-corrected chi connectivity index (χ2v) is 9.54. The van der Waals surface area contributed by atoms with Crippen LogP contribution in [0.1, 0.15) is 35.6 Å². The maximum Gasteiger partial charge on any atom is 0.249 e. The van der Waals surface area contributed by atoms with Gasteiger partial charge >= 0.3 is 0 Å². The smallest absolute Gasteiger partial charge is 0.249 e. The molecule has 4 atom stereocenters. The number of halogens is 1. The van der Waals surface area contributed by atoms with E-state index in [0.29, 0.717) is 6.61 Å². The predicted molar refractivity (Wildman–Crippen MR) is 124 cm³/mol. The minimum absolute atomic E-state index is 0.000443. The van der Waals surface area contributed by atoms with E-state index in [4.69, 9.17) is 4.74 Å². The second-order valence-electron chi connectivity index (χ2n) is 9.54. The molecule has 0 spiro atoms. The minimum Gasteiger partial charge on any atom is -0.493 e. The number of benzene rings is 3. The Kier molecular flexibility index (Phi) is 4.73. The molecule has 3 aromatic rings. The van der Waals surface area contributed by atoms with Crippen molar-refractivity contribution >= 4 is 11.8 Å². The van der Waals surface area contributed by atoms with Crippen LogP contribution in [0.4, 0.5) is 4.39 Å². The van der Waals surface area contributed by atoms with Crippen molar-refractivity contribution in [3.63, 3.8) is 0 Å². The Morgan fingerprint density at radius 2 is 1.68 bits per heavy atom. The van der Waals surface area contributed by atoms with Crippen molar-refractivity contribution in [3.8, 4) is 5.75 Å². The summed E-state index contributed by atoms with van der Waals surface area (Å²) in [6.07, 6.45) is 0. The minimum atomic E-state index is -1.06. The first kappa shape index (κ1) is 20.9. The summed E-state index contributed by atoms with van der Waals surface area (Å²) in [4.78, 5) is 31.4. The van der Waals surface area contributed by atoms with Crippen LogP contribution >= 0.6 is 0 Å². The summed E-state index contributed by atoms with van der Waals surface area (Å²) in [7, 11) is 0. The number of rotatable bonds is 3. The molecule has 34 heavy (non-hydrogen) atoms. The van der Waals surface area contributed by atoms with E-state index in [-0.39, 0.29) is 48.6 Å². The number of hydrogen-bond acceptors (Lipinski definition) is 3. The molecule has 3 aliphatic heterocycles. The third-order valence-corrected chi connectivity index (χ3v) is 7.65. The molecule has 3 heterocycles. The van der Waals surface area contributed by atoms with Crippen molar-refractivity contribution in [1.29, 1.82) is 0 Å². The van der Waals surface area contributed by atoms with Gasteiger partial charge in [0, 0.05) is 23.9 Å². The molecule has 3 aromatic carbocycles. The molecule has 0 aliphatic carbocycles. The molecule has 0 aromatic heterocycles. The Morgan fingerprint density at radius 1 is 0.971 bits per heavy atom. The van der Waals surface area contributed by atoms with Crippen LogP contribution < -0.4 is 4.74 Å².